The summed E-state index contributed by atoms with van der Waals surface area (Å²) in [5, 5.41) is 0. The van der Waals surface area contributed by atoms with E-state index in [-0.39, 0.29) is 11.5 Å². The Hall–Kier alpha value is -1.41. The molecule has 0 bridgehead atoms. The average Bonchev–Trinajstić information content (AvgIpc) is 2.52. The lowest BCUT2D eigenvalue weighted by atomic mass is 10.2. The number of ether oxygens (including phenoxy) is 3. The second kappa shape index (κ2) is 7.92. The lowest BCUT2D eigenvalue weighted by Crippen LogP contribution is -2.46. The Morgan fingerprint density at radius 3 is 2.65 bits per heavy atom. The number of aryl methyl sites for hydroxylation is 1. The van der Waals surface area contributed by atoms with Gasteiger partial charge < -0.3 is 14.2 Å². The minimum atomic E-state index is -3.83. The zero-order valence-corrected chi connectivity index (χ0v) is 14.3. The molecule has 6 nitrogen and oxygen atoms in total. The third-order valence-electron chi connectivity index (χ3n) is 3.36. The third kappa shape index (κ3) is 5.04. The molecule has 0 aromatic heterocycles. The molecule has 0 radical (unpaired) electrons. The Morgan fingerprint density at radius 2 is 2.00 bits per heavy atom. The molecule has 1 aromatic rings. The average molecular weight is 342 g/mol. The van der Waals surface area contributed by atoms with Crippen molar-refractivity contribution in [1.29, 1.82) is 0 Å². The molecule has 0 unspecified atom stereocenters. The van der Waals surface area contributed by atoms with Gasteiger partial charge in [0.2, 0.25) is 0 Å². The summed E-state index contributed by atoms with van der Waals surface area (Å²) < 4.78 is 46.0. The molecular weight excluding hydrogens is 320 g/mol. The summed E-state index contributed by atoms with van der Waals surface area (Å²) in [6.45, 7) is 5.63. The Kier molecular flexibility index (Phi) is 6.17. The normalized spacial score (nSPS) is 25.6. The second-order valence-corrected chi connectivity index (χ2v) is 6.89. The summed E-state index contributed by atoms with van der Waals surface area (Å²) in [5.74, 6) is 0. The van der Waals surface area contributed by atoms with Crippen LogP contribution in [0.5, 0.6) is 0 Å². The molecule has 1 heterocycles. The maximum absolute atomic E-state index is 12.2. The predicted molar refractivity (Wildman–Crippen MR) is 84.3 cm³/mol. The highest BCUT2D eigenvalue weighted by Crippen LogP contribution is 2.19. The van der Waals surface area contributed by atoms with Crippen molar-refractivity contribution in [3.63, 3.8) is 0 Å². The van der Waals surface area contributed by atoms with Gasteiger partial charge in [0.15, 0.2) is 6.29 Å². The molecule has 23 heavy (non-hydrogen) atoms. The van der Waals surface area contributed by atoms with E-state index in [1.54, 1.807) is 25.1 Å². The van der Waals surface area contributed by atoms with Gasteiger partial charge in [0.1, 0.15) is 12.2 Å². The maximum Gasteiger partial charge on any atom is 0.297 e. The SMILES string of the molecule is C/C=C/O[C@@H]1CO[C@@H](C)O[C@H]1COS(=O)(=O)c1ccc(C)cc1. The number of rotatable bonds is 6. The monoisotopic (exact) mass is 342 g/mol. The van der Waals surface area contributed by atoms with Crippen LogP contribution in [0.3, 0.4) is 0 Å². The van der Waals surface area contributed by atoms with Gasteiger partial charge in [0.05, 0.1) is 24.4 Å². The molecular formula is C16H22O6S. The quantitative estimate of drug-likeness (QED) is 0.584. The van der Waals surface area contributed by atoms with Gasteiger partial charge >= 0.3 is 0 Å². The van der Waals surface area contributed by atoms with Crippen molar-refractivity contribution in [2.75, 3.05) is 13.2 Å². The molecule has 128 valence electrons. The molecule has 1 aromatic carbocycles. The van der Waals surface area contributed by atoms with Gasteiger partial charge in [-0.05, 0) is 32.9 Å². The van der Waals surface area contributed by atoms with Gasteiger partial charge in [0.25, 0.3) is 10.1 Å². The van der Waals surface area contributed by atoms with Crippen LogP contribution in [-0.4, -0.2) is 40.1 Å². The van der Waals surface area contributed by atoms with E-state index in [0.717, 1.165) is 5.56 Å². The van der Waals surface area contributed by atoms with E-state index in [2.05, 4.69) is 0 Å². The molecule has 0 N–H and O–H groups in total. The predicted octanol–water partition coefficient (Wildman–Crippen LogP) is 2.38. The molecule has 7 heteroatoms. The van der Waals surface area contributed by atoms with Gasteiger partial charge in [-0.1, -0.05) is 23.8 Å². The number of allylic oxidation sites excluding steroid dienone is 1. The number of hydrogen-bond acceptors (Lipinski definition) is 6. The number of hydrogen-bond donors (Lipinski definition) is 0. The molecule has 0 spiro atoms. The van der Waals surface area contributed by atoms with Crippen LogP contribution in [-0.2, 0) is 28.5 Å². The number of benzene rings is 1. The summed E-state index contributed by atoms with van der Waals surface area (Å²) in [6, 6.07) is 6.49. The minimum absolute atomic E-state index is 0.120. The molecule has 3 atom stereocenters. The molecule has 1 saturated heterocycles. The minimum Gasteiger partial charge on any atom is -0.493 e. The molecule has 0 aliphatic carbocycles. The zero-order valence-electron chi connectivity index (χ0n) is 13.5. The highest BCUT2D eigenvalue weighted by Gasteiger charge is 2.33. The largest absolute Gasteiger partial charge is 0.493 e. The van der Waals surface area contributed by atoms with E-state index < -0.39 is 28.6 Å². The zero-order chi connectivity index (χ0) is 16.9. The van der Waals surface area contributed by atoms with E-state index in [4.69, 9.17) is 18.4 Å². The lowest BCUT2D eigenvalue weighted by Gasteiger charge is -2.34. The first-order valence-electron chi connectivity index (χ1n) is 7.42. The Morgan fingerprint density at radius 1 is 1.30 bits per heavy atom. The van der Waals surface area contributed by atoms with Crippen LogP contribution in [0.15, 0.2) is 41.5 Å². The summed E-state index contributed by atoms with van der Waals surface area (Å²) in [6.07, 6.45) is 1.87. The first kappa shape index (κ1) is 17.9. The van der Waals surface area contributed by atoms with Crippen LogP contribution in [0.1, 0.15) is 19.4 Å². The lowest BCUT2D eigenvalue weighted by molar-refractivity contribution is -0.249. The molecule has 0 saturated carbocycles. The van der Waals surface area contributed by atoms with Crippen LogP contribution < -0.4 is 0 Å². The van der Waals surface area contributed by atoms with E-state index in [0.29, 0.717) is 6.61 Å². The van der Waals surface area contributed by atoms with Gasteiger partial charge in [0, 0.05) is 0 Å². The summed E-state index contributed by atoms with van der Waals surface area (Å²) in [4.78, 5) is 0.120. The van der Waals surface area contributed by atoms with Gasteiger partial charge in [-0.2, -0.15) is 8.42 Å². The fraction of sp³-hybridized carbons (Fsp3) is 0.500. The van der Waals surface area contributed by atoms with Crippen molar-refractivity contribution in [3.05, 3.63) is 42.2 Å². The van der Waals surface area contributed by atoms with Crippen molar-refractivity contribution >= 4 is 10.1 Å². The van der Waals surface area contributed by atoms with Crippen LogP contribution in [0.2, 0.25) is 0 Å². The standard InChI is InChI=1S/C16H22O6S/c1-4-9-19-15-10-20-13(3)22-16(15)11-21-23(17,18)14-7-5-12(2)6-8-14/h4-9,13,15-16H,10-11H2,1-3H3/b9-4+/t13-,15-,16+/m1/s1. The first-order chi connectivity index (χ1) is 10.9. The Labute approximate surface area is 137 Å². The fourth-order valence-corrected chi connectivity index (χ4v) is 3.01. The van der Waals surface area contributed by atoms with Crippen LogP contribution in [0.25, 0.3) is 0 Å². The van der Waals surface area contributed by atoms with Crippen molar-refractivity contribution in [3.8, 4) is 0 Å². The summed E-state index contributed by atoms with van der Waals surface area (Å²) in [5.41, 5.74) is 0.977. The molecule has 2 rings (SSSR count). The van der Waals surface area contributed by atoms with Crippen molar-refractivity contribution in [2.45, 2.75) is 44.2 Å². The summed E-state index contributed by atoms with van der Waals surface area (Å²) >= 11 is 0. The van der Waals surface area contributed by atoms with Crippen molar-refractivity contribution < 1.29 is 26.8 Å². The molecule has 1 fully saturated rings. The summed E-state index contributed by atoms with van der Waals surface area (Å²) in [7, 11) is -3.83. The first-order valence-corrected chi connectivity index (χ1v) is 8.83. The van der Waals surface area contributed by atoms with Gasteiger partial charge in [-0.3, -0.25) is 4.18 Å². The van der Waals surface area contributed by atoms with Crippen LogP contribution >= 0.6 is 0 Å². The second-order valence-electron chi connectivity index (χ2n) is 5.27. The van der Waals surface area contributed by atoms with E-state index in [1.165, 1.54) is 18.4 Å². The highest BCUT2D eigenvalue weighted by molar-refractivity contribution is 7.86. The molecule has 0 amide bonds. The maximum atomic E-state index is 12.2. The highest BCUT2D eigenvalue weighted by atomic mass is 32.2. The van der Waals surface area contributed by atoms with Crippen LogP contribution in [0, 0.1) is 6.92 Å². The van der Waals surface area contributed by atoms with E-state index >= 15 is 0 Å². The fourth-order valence-electron chi connectivity index (χ4n) is 2.09. The molecule has 1 aliphatic rings. The van der Waals surface area contributed by atoms with Crippen molar-refractivity contribution in [2.24, 2.45) is 0 Å². The smallest absolute Gasteiger partial charge is 0.297 e. The third-order valence-corrected chi connectivity index (χ3v) is 4.66. The van der Waals surface area contributed by atoms with E-state index in [9.17, 15) is 8.42 Å². The topological polar surface area (TPSA) is 71.1 Å². The van der Waals surface area contributed by atoms with E-state index in [1.807, 2.05) is 13.8 Å². The Bertz CT molecular complexity index is 622. The van der Waals surface area contributed by atoms with Crippen LogP contribution in [0.4, 0.5) is 0 Å². The molecule has 1 aliphatic heterocycles. The van der Waals surface area contributed by atoms with Crippen molar-refractivity contribution in [1.82, 2.24) is 0 Å². The van der Waals surface area contributed by atoms with Gasteiger partial charge in [-0.25, -0.2) is 0 Å². The van der Waals surface area contributed by atoms with Gasteiger partial charge in [-0.15, -0.1) is 0 Å². The Balaban J connectivity index is 2.02.